The molecule has 0 spiro atoms. The van der Waals surface area contributed by atoms with Gasteiger partial charge in [0, 0.05) is 55.7 Å². The number of halogens is 1. The number of aromatic nitrogens is 2. The summed E-state index contributed by atoms with van der Waals surface area (Å²) in [5.74, 6) is 0. The van der Waals surface area contributed by atoms with Crippen LogP contribution >= 0.6 is 11.6 Å². The van der Waals surface area contributed by atoms with Gasteiger partial charge in [-0.15, -0.1) is 0 Å². The molecule has 5 heteroatoms. The van der Waals surface area contributed by atoms with Gasteiger partial charge in [-0.3, -0.25) is 4.68 Å². The normalized spacial score (nSPS) is 11.1. The Kier molecular flexibility index (Phi) is 5.26. The molecule has 0 bridgehead atoms. The van der Waals surface area contributed by atoms with Gasteiger partial charge in [0.1, 0.15) is 0 Å². The predicted molar refractivity (Wildman–Crippen MR) is 88.7 cm³/mol. The van der Waals surface area contributed by atoms with E-state index in [1.807, 2.05) is 30.2 Å². The van der Waals surface area contributed by atoms with Crippen LogP contribution in [0.2, 0.25) is 5.02 Å². The van der Waals surface area contributed by atoms with Crippen LogP contribution in [0, 0.1) is 0 Å². The molecule has 2 rings (SSSR count). The van der Waals surface area contributed by atoms with Gasteiger partial charge in [0.05, 0.1) is 6.20 Å². The summed E-state index contributed by atoms with van der Waals surface area (Å²) in [5.41, 5.74) is 3.42. The van der Waals surface area contributed by atoms with Gasteiger partial charge in [-0.25, -0.2) is 0 Å². The molecule has 2 aromatic rings. The van der Waals surface area contributed by atoms with E-state index in [0.29, 0.717) is 6.04 Å². The Bertz CT molecular complexity index is 592. The second-order valence-corrected chi connectivity index (χ2v) is 6.10. The highest BCUT2D eigenvalue weighted by molar-refractivity contribution is 6.31. The summed E-state index contributed by atoms with van der Waals surface area (Å²) >= 11 is 6.38. The van der Waals surface area contributed by atoms with E-state index in [1.54, 1.807) is 0 Å². The van der Waals surface area contributed by atoms with Crippen molar-refractivity contribution in [3.8, 4) is 0 Å². The van der Waals surface area contributed by atoms with Crippen LogP contribution in [0.3, 0.4) is 0 Å². The summed E-state index contributed by atoms with van der Waals surface area (Å²) in [5, 5.41) is 8.38. The van der Waals surface area contributed by atoms with E-state index in [4.69, 9.17) is 11.6 Å². The molecule has 0 atom stereocenters. The van der Waals surface area contributed by atoms with Crippen LogP contribution < -0.4 is 10.2 Å². The molecule has 1 N–H and O–H groups in total. The molecule has 4 nitrogen and oxygen atoms in total. The topological polar surface area (TPSA) is 33.1 Å². The van der Waals surface area contributed by atoms with E-state index < -0.39 is 0 Å². The van der Waals surface area contributed by atoms with Gasteiger partial charge >= 0.3 is 0 Å². The van der Waals surface area contributed by atoms with Crippen molar-refractivity contribution in [1.29, 1.82) is 0 Å². The smallest absolute Gasteiger partial charge is 0.0539 e. The molecule has 0 aliphatic carbocycles. The van der Waals surface area contributed by atoms with Crippen LogP contribution in [-0.2, 0) is 20.1 Å². The van der Waals surface area contributed by atoms with Crippen molar-refractivity contribution in [2.24, 2.45) is 7.05 Å². The summed E-state index contributed by atoms with van der Waals surface area (Å²) in [6.45, 7) is 5.87. The van der Waals surface area contributed by atoms with E-state index in [9.17, 15) is 0 Å². The van der Waals surface area contributed by atoms with E-state index >= 15 is 0 Å². The lowest BCUT2D eigenvalue weighted by molar-refractivity contribution is 0.589. The Morgan fingerprint density at radius 2 is 2.14 bits per heavy atom. The predicted octanol–water partition coefficient (Wildman–Crippen LogP) is 3.21. The maximum Gasteiger partial charge on any atom is 0.0539 e. The van der Waals surface area contributed by atoms with Crippen molar-refractivity contribution in [1.82, 2.24) is 15.1 Å². The van der Waals surface area contributed by atoms with Crippen LogP contribution in [0.4, 0.5) is 5.69 Å². The quantitative estimate of drug-likeness (QED) is 0.889. The van der Waals surface area contributed by atoms with Gasteiger partial charge in [-0.05, 0) is 17.7 Å². The Labute approximate surface area is 131 Å². The van der Waals surface area contributed by atoms with Gasteiger partial charge in [-0.1, -0.05) is 31.5 Å². The summed E-state index contributed by atoms with van der Waals surface area (Å²) < 4.78 is 1.82. The van der Waals surface area contributed by atoms with Gasteiger partial charge in [0.15, 0.2) is 0 Å². The van der Waals surface area contributed by atoms with Crippen molar-refractivity contribution in [2.75, 3.05) is 11.9 Å². The molecular weight excluding hydrogens is 284 g/mol. The molecule has 1 aromatic carbocycles. The van der Waals surface area contributed by atoms with Crippen LogP contribution in [0.1, 0.15) is 25.0 Å². The Balaban J connectivity index is 2.04. The first-order valence-corrected chi connectivity index (χ1v) is 7.54. The SMILES string of the molecule is CC(C)NCc1ccc(N(C)Cc2cnn(C)c2)cc1Cl. The standard InChI is InChI=1S/C16H23ClN4/c1-12(2)18-9-14-5-6-15(7-16(14)17)20(3)10-13-8-19-21(4)11-13/h5-8,11-12,18H,9-10H2,1-4H3. The van der Waals surface area contributed by atoms with Gasteiger partial charge < -0.3 is 10.2 Å². The average Bonchev–Trinajstić information content (AvgIpc) is 2.82. The third kappa shape index (κ3) is 4.48. The number of anilines is 1. The Morgan fingerprint density at radius 1 is 1.38 bits per heavy atom. The van der Waals surface area contributed by atoms with Gasteiger partial charge in [0.2, 0.25) is 0 Å². The van der Waals surface area contributed by atoms with Gasteiger partial charge in [0.25, 0.3) is 0 Å². The van der Waals surface area contributed by atoms with Crippen molar-refractivity contribution in [2.45, 2.75) is 33.0 Å². The number of hydrogen-bond acceptors (Lipinski definition) is 3. The summed E-state index contributed by atoms with van der Waals surface area (Å²) in [7, 11) is 3.99. The first-order valence-electron chi connectivity index (χ1n) is 7.16. The monoisotopic (exact) mass is 306 g/mol. The molecule has 21 heavy (non-hydrogen) atoms. The molecule has 0 radical (unpaired) electrons. The van der Waals surface area contributed by atoms with Crippen molar-refractivity contribution >= 4 is 17.3 Å². The van der Waals surface area contributed by atoms with E-state index in [0.717, 1.165) is 29.4 Å². The van der Waals surface area contributed by atoms with Gasteiger partial charge in [-0.2, -0.15) is 5.10 Å². The van der Waals surface area contributed by atoms with Crippen molar-refractivity contribution in [3.05, 3.63) is 46.7 Å². The number of hydrogen-bond donors (Lipinski definition) is 1. The summed E-state index contributed by atoms with van der Waals surface area (Å²) in [6.07, 6.45) is 3.91. The fourth-order valence-electron chi connectivity index (χ4n) is 2.15. The number of nitrogens with zero attached hydrogens (tertiary/aromatic N) is 3. The number of aryl methyl sites for hydroxylation is 1. The molecule has 0 saturated heterocycles. The maximum absolute atomic E-state index is 6.38. The largest absolute Gasteiger partial charge is 0.370 e. The molecule has 0 fully saturated rings. The lowest BCUT2D eigenvalue weighted by Gasteiger charge is -2.20. The first-order chi connectivity index (χ1) is 9.95. The molecule has 114 valence electrons. The molecule has 1 aromatic heterocycles. The minimum absolute atomic E-state index is 0.453. The molecule has 0 amide bonds. The Hall–Kier alpha value is -1.52. The lowest BCUT2D eigenvalue weighted by Crippen LogP contribution is -2.22. The average molecular weight is 307 g/mol. The minimum Gasteiger partial charge on any atom is -0.370 e. The zero-order chi connectivity index (χ0) is 15.4. The Morgan fingerprint density at radius 3 is 2.71 bits per heavy atom. The van der Waals surface area contributed by atoms with Crippen LogP contribution in [0.25, 0.3) is 0 Å². The minimum atomic E-state index is 0.453. The molecule has 0 aliphatic heterocycles. The first kappa shape index (κ1) is 15.9. The van der Waals surface area contributed by atoms with Crippen LogP contribution in [-0.4, -0.2) is 22.9 Å². The second-order valence-electron chi connectivity index (χ2n) is 5.69. The molecule has 0 aliphatic rings. The van der Waals surface area contributed by atoms with Crippen molar-refractivity contribution < 1.29 is 0 Å². The lowest BCUT2D eigenvalue weighted by atomic mass is 10.1. The highest BCUT2D eigenvalue weighted by atomic mass is 35.5. The number of benzene rings is 1. The summed E-state index contributed by atoms with van der Waals surface area (Å²) in [4.78, 5) is 2.17. The molecule has 1 heterocycles. The summed E-state index contributed by atoms with van der Waals surface area (Å²) in [6, 6.07) is 6.68. The molecular formula is C16H23ClN4. The number of rotatable bonds is 6. The second kappa shape index (κ2) is 6.96. The fourth-order valence-corrected chi connectivity index (χ4v) is 2.39. The molecule has 0 unspecified atom stereocenters. The highest BCUT2D eigenvalue weighted by Gasteiger charge is 2.07. The number of nitrogens with one attached hydrogen (secondary N) is 1. The highest BCUT2D eigenvalue weighted by Crippen LogP contribution is 2.24. The van der Waals surface area contributed by atoms with E-state index in [-0.39, 0.29) is 0 Å². The van der Waals surface area contributed by atoms with Crippen LogP contribution in [0.15, 0.2) is 30.6 Å². The van der Waals surface area contributed by atoms with Crippen LogP contribution in [0.5, 0.6) is 0 Å². The van der Waals surface area contributed by atoms with Crippen molar-refractivity contribution in [3.63, 3.8) is 0 Å². The fraction of sp³-hybridized carbons (Fsp3) is 0.438. The zero-order valence-electron chi connectivity index (χ0n) is 13.1. The van der Waals surface area contributed by atoms with E-state index in [1.165, 1.54) is 5.56 Å². The molecule has 0 saturated carbocycles. The zero-order valence-corrected chi connectivity index (χ0v) is 13.9. The maximum atomic E-state index is 6.38. The van der Waals surface area contributed by atoms with E-state index in [2.05, 4.69) is 48.3 Å². The third-order valence-electron chi connectivity index (χ3n) is 3.36. The third-order valence-corrected chi connectivity index (χ3v) is 3.71.